The third-order valence-corrected chi connectivity index (χ3v) is 3.48. The van der Waals surface area contributed by atoms with Crippen molar-refractivity contribution in [1.82, 2.24) is 15.1 Å². The number of hydrogen-bond donors (Lipinski definition) is 2. The van der Waals surface area contributed by atoms with Crippen LogP contribution in [0, 0.1) is 0 Å². The molecule has 7 nitrogen and oxygen atoms in total. The topological polar surface area (TPSA) is 93.5 Å². The number of rotatable bonds is 6. The zero-order valence-corrected chi connectivity index (χ0v) is 13.2. The average Bonchev–Trinajstić information content (AvgIpc) is 2.98. The lowest BCUT2D eigenvalue weighted by molar-refractivity contribution is -0.138. The molecule has 0 aliphatic rings. The van der Waals surface area contributed by atoms with Crippen LogP contribution in [0.25, 0.3) is 5.69 Å². The van der Waals surface area contributed by atoms with E-state index in [-0.39, 0.29) is 0 Å². The highest BCUT2D eigenvalue weighted by Crippen LogP contribution is 2.24. The lowest BCUT2D eigenvalue weighted by atomic mass is 10.1. The summed E-state index contributed by atoms with van der Waals surface area (Å²) in [6.07, 6.45) is 2.00. The summed E-state index contributed by atoms with van der Waals surface area (Å²) < 4.78 is 6.96. The largest absolute Gasteiger partial charge is 0.494 e. The monoisotopic (exact) mass is 317 g/mol. The molecule has 7 heteroatoms. The molecule has 0 unspecified atom stereocenters. The third kappa shape index (κ3) is 3.33. The van der Waals surface area contributed by atoms with Gasteiger partial charge in [-0.2, -0.15) is 5.10 Å². The van der Waals surface area contributed by atoms with Crippen LogP contribution in [0.15, 0.2) is 30.5 Å². The van der Waals surface area contributed by atoms with Crippen molar-refractivity contribution >= 4 is 11.9 Å². The van der Waals surface area contributed by atoms with E-state index in [1.165, 1.54) is 13.1 Å². The van der Waals surface area contributed by atoms with Crippen molar-refractivity contribution in [3.63, 3.8) is 0 Å². The van der Waals surface area contributed by atoms with Gasteiger partial charge in [0.15, 0.2) is 0 Å². The molecule has 122 valence electrons. The first-order chi connectivity index (χ1) is 11.0. The van der Waals surface area contributed by atoms with E-state index < -0.39 is 17.9 Å². The summed E-state index contributed by atoms with van der Waals surface area (Å²) in [5, 5.41) is 15.6. The van der Waals surface area contributed by atoms with Gasteiger partial charge in [0.2, 0.25) is 0 Å². The maximum atomic E-state index is 12.3. The smallest absolute Gasteiger partial charge is 0.325 e. The van der Waals surface area contributed by atoms with Gasteiger partial charge in [-0.05, 0) is 25.5 Å². The molecule has 1 aromatic heterocycles. The molecule has 0 radical (unpaired) electrons. The van der Waals surface area contributed by atoms with Gasteiger partial charge in [-0.25, -0.2) is 4.68 Å². The van der Waals surface area contributed by atoms with Gasteiger partial charge in [-0.15, -0.1) is 0 Å². The first-order valence-electron chi connectivity index (χ1n) is 7.23. The van der Waals surface area contributed by atoms with Crippen LogP contribution in [0.1, 0.15) is 29.9 Å². The molecule has 0 fully saturated rings. The molecule has 2 N–H and O–H groups in total. The molecule has 0 spiro atoms. The minimum absolute atomic E-state index is 0.353. The van der Waals surface area contributed by atoms with Gasteiger partial charge in [0.1, 0.15) is 17.5 Å². The highest BCUT2D eigenvalue weighted by molar-refractivity contribution is 5.97. The molecule has 0 aliphatic heterocycles. The molecule has 0 aliphatic carbocycles. The Morgan fingerprint density at radius 2 is 2.09 bits per heavy atom. The summed E-state index contributed by atoms with van der Waals surface area (Å²) in [7, 11) is 1.57. The predicted octanol–water partition coefficient (Wildman–Crippen LogP) is 1.65. The van der Waals surface area contributed by atoms with Gasteiger partial charge >= 0.3 is 5.97 Å². The Bertz CT molecular complexity index is 724. The second kappa shape index (κ2) is 6.95. The van der Waals surface area contributed by atoms with Crippen LogP contribution in [0.5, 0.6) is 5.75 Å². The number of carboxylic acids is 1. The third-order valence-electron chi connectivity index (χ3n) is 3.48. The fraction of sp³-hybridized carbons (Fsp3) is 0.312. The molecule has 0 bridgehead atoms. The van der Waals surface area contributed by atoms with Crippen LogP contribution in [-0.2, 0) is 11.2 Å². The number of ether oxygens (including phenoxy) is 1. The predicted molar refractivity (Wildman–Crippen MR) is 84.1 cm³/mol. The molecule has 0 saturated heterocycles. The minimum Gasteiger partial charge on any atom is -0.494 e. The molecule has 1 amide bonds. The standard InChI is InChI=1S/C16H19N3O4/c1-4-12-11(15(20)18-10(2)16(21)22)9-17-19(12)13-7-5-6-8-14(13)23-3/h5-10H,4H2,1-3H3,(H,18,20)(H,21,22)/t10-/m0/s1. The van der Waals surface area contributed by atoms with E-state index in [4.69, 9.17) is 9.84 Å². The van der Waals surface area contributed by atoms with Crippen molar-refractivity contribution in [2.75, 3.05) is 7.11 Å². The zero-order chi connectivity index (χ0) is 17.0. The van der Waals surface area contributed by atoms with Crippen molar-refractivity contribution in [2.45, 2.75) is 26.3 Å². The molecular formula is C16H19N3O4. The number of benzene rings is 1. The van der Waals surface area contributed by atoms with E-state index in [0.717, 1.165) is 5.69 Å². The van der Waals surface area contributed by atoms with Gasteiger partial charge in [0.25, 0.3) is 5.91 Å². The molecule has 2 rings (SSSR count). The fourth-order valence-electron chi connectivity index (χ4n) is 2.25. The molecule has 2 aromatic rings. The van der Waals surface area contributed by atoms with Crippen LogP contribution in [0.3, 0.4) is 0 Å². The molecule has 0 saturated carbocycles. The summed E-state index contributed by atoms with van der Waals surface area (Å²) in [5.74, 6) is -0.914. The van der Waals surface area contributed by atoms with E-state index in [2.05, 4.69) is 10.4 Å². The zero-order valence-electron chi connectivity index (χ0n) is 13.2. The number of carboxylic acid groups (broad SMARTS) is 1. The van der Waals surface area contributed by atoms with Gasteiger partial charge in [0, 0.05) is 0 Å². The molecule has 1 heterocycles. The van der Waals surface area contributed by atoms with E-state index in [0.29, 0.717) is 23.4 Å². The number of aromatic nitrogens is 2. The lowest BCUT2D eigenvalue weighted by Crippen LogP contribution is -2.38. The van der Waals surface area contributed by atoms with Crippen LogP contribution < -0.4 is 10.1 Å². The SMILES string of the molecule is CCc1c(C(=O)N[C@@H](C)C(=O)O)cnn1-c1ccccc1OC. The molecule has 1 atom stereocenters. The quantitative estimate of drug-likeness (QED) is 0.845. The number of carbonyl (C=O) groups excluding carboxylic acids is 1. The molecular weight excluding hydrogens is 298 g/mol. The Morgan fingerprint density at radius 3 is 2.70 bits per heavy atom. The van der Waals surface area contributed by atoms with Gasteiger partial charge in [0.05, 0.1) is 24.6 Å². The van der Waals surface area contributed by atoms with Crippen molar-refractivity contribution in [3.05, 3.63) is 41.7 Å². The van der Waals surface area contributed by atoms with Crippen molar-refractivity contribution < 1.29 is 19.4 Å². The summed E-state index contributed by atoms with van der Waals surface area (Å²) in [5.41, 5.74) is 1.76. The Morgan fingerprint density at radius 1 is 1.39 bits per heavy atom. The number of aliphatic carboxylic acids is 1. The number of carbonyl (C=O) groups is 2. The fourth-order valence-corrected chi connectivity index (χ4v) is 2.25. The Balaban J connectivity index is 2.40. The van der Waals surface area contributed by atoms with Crippen molar-refractivity contribution in [3.8, 4) is 11.4 Å². The second-order valence-corrected chi connectivity index (χ2v) is 4.98. The summed E-state index contributed by atoms with van der Waals surface area (Å²) in [6.45, 7) is 3.32. The molecule has 23 heavy (non-hydrogen) atoms. The number of nitrogens with one attached hydrogen (secondary N) is 1. The van der Waals surface area contributed by atoms with Gasteiger partial charge < -0.3 is 15.2 Å². The maximum Gasteiger partial charge on any atom is 0.325 e. The number of amides is 1. The first kappa shape index (κ1) is 16.5. The van der Waals surface area contributed by atoms with Crippen LogP contribution in [0.2, 0.25) is 0 Å². The first-order valence-corrected chi connectivity index (χ1v) is 7.23. The van der Waals surface area contributed by atoms with Gasteiger partial charge in [-0.1, -0.05) is 19.1 Å². The summed E-state index contributed by atoms with van der Waals surface area (Å²) in [4.78, 5) is 23.2. The second-order valence-electron chi connectivity index (χ2n) is 4.98. The number of para-hydroxylation sites is 2. The number of nitrogens with zero attached hydrogens (tertiary/aromatic N) is 2. The maximum absolute atomic E-state index is 12.3. The Hall–Kier alpha value is -2.83. The normalized spacial score (nSPS) is 11.8. The van der Waals surface area contributed by atoms with Crippen LogP contribution in [0.4, 0.5) is 0 Å². The molecule has 1 aromatic carbocycles. The van der Waals surface area contributed by atoms with E-state index in [1.807, 2.05) is 31.2 Å². The Labute approximate surface area is 133 Å². The van der Waals surface area contributed by atoms with Crippen LogP contribution in [-0.4, -0.2) is 39.9 Å². The van der Waals surface area contributed by atoms with E-state index in [9.17, 15) is 9.59 Å². The lowest BCUT2D eigenvalue weighted by Gasteiger charge is -2.12. The average molecular weight is 317 g/mol. The Kier molecular flexibility index (Phi) is 5.00. The number of hydrogen-bond acceptors (Lipinski definition) is 4. The van der Waals surface area contributed by atoms with Gasteiger partial charge in [-0.3, -0.25) is 9.59 Å². The van der Waals surface area contributed by atoms with Crippen molar-refractivity contribution in [2.24, 2.45) is 0 Å². The van der Waals surface area contributed by atoms with E-state index >= 15 is 0 Å². The minimum atomic E-state index is -1.09. The van der Waals surface area contributed by atoms with Crippen molar-refractivity contribution in [1.29, 1.82) is 0 Å². The summed E-state index contributed by atoms with van der Waals surface area (Å²) in [6, 6.07) is 6.38. The van der Waals surface area contributed by atoms with E-state index in [1.54, 1.807) is 11.8 Å². The van der Waals surface area contributed by atoms with Crippen LogP contribution >= 0.6 is 0 Å². The summed E-state index contributed by atoms with van der Waals surface area (Å²) >= 11 is 0. The highest BCUT2D eigenvalue weighted by atomic mass is 16.5. The highest BCUT2D eigenvalue weighted by Gasteiger charge is 2.21. The number of methoxy groups -OCH3 is 1.